The Morgan fingerprint density at radius 3 is 2.55 bits per heavy atom. The summed E-state index contributed by atoms with van der Waals surface area (Å²) in [7, 11) is 1.41. The number of hydrogen-bond donors (Lipinski definition) is 1. The van der Waals surface area contributed by atoms with Crippen molar-refractivity contribution in [1.82, 2.24) is 4.98 Å². The molecule has 0 unspecified atom stereocenters. The smallest absolute Gasteiger partial charge is 0.355 e. The molecule has 4 heteroatoms. The lowest BCUT2D eigenvalue weighted by molar-refractivity contribution is 0.0596. The van der Waals surface area contributed by atoms with E-state index in [-0.39, 0.29) is 5.97 Å². The molecule has 0 fully saturated rings. The summed E-state index contributed by atoms with van der Waals surface area (Å²) in [6.07, 6.45) is 0. The van der Waals surface area contributed by atoms with E-state index in [4.69, 9.17) is 4.74 Å². The number of carbonyl (C=O) groups is 1. The highest BCUT2D eigenvalue weighted by atomic mass is 32.1. The monoisotopic (exact) mass is 307 g/mol. The molecule has 0 saturated carbocycles. The van der Waals surface area contributed by atoms with Crippen molar-refractivity contribution in [2.24, 2.45) is 0 Å². The van der Waals surface area contributed by atoms with Gasteiger partial charge in [-0.2, -0.15) is 0 Å². The van der Waals surface area contributed by atoms with E-state index in [1.54, 1.807) is 11.3 Å². The van der Waals surface area contributed by atoms with Crippen molar-refractivity contribution < 1.29 is 9.53 Å². The zero-order valence-electron chi connectivity index (χ0n) is 11.9. The highest BCUT2D eigenvalue weighted by molar-refractivity contribution is 7.25. The Kier molecular flexibility index (Phi) is 2.98. The van der Waals surface area contributed by atoms with E-state index >= 15 is 0 Å². The number of carbonyl (C=O) groups excluding carboxylic acids is 1. The molecular formula is C18H13NO2S. The van der Waals surface area contributed by atoms with Gasteiger partial charge in [-0.05, 0) is 11.6 Å². The Bertz CT molecular complexity index is 982. The molecule has 0 aliphatic rings. The van der Waals surface area contributed by atoms with Crippen LogP contribution >= 0.6 is 11.3 Å². The maximum Gasteiger partial charge on any atom is 0.355 e. The molecule has 4 rings (SSSR count). The van der Waals surface area contributed by atoms with Crippen LogP contribution in [0.25, 0.3) is 31.4 Å². The lowest BCUT2D eigenvalue weighted by Crippen LogP contribution is -2.03. The number of hydrogen-bond acceptors (Lipinski definition) is 3. The van der Waals surface area contributed by atoms with Gasteiger partial charge in [0.15, 0.2) is 0 Å². The summed E-state index contributed by atoms with van der Waals surface area (Å²) in [6, 6.07) is 18.2. The van der Waals surface area contributed by atoms with Crippen LogP contribution in [0.2, 0.25) is 0 Å². The van der Waals surface area contributed by atoms with Crippen LogP contribution < -0.4 is 0 Å². The van der Waals surface area contributed by atoms with Gasteiger partial charge < -0.3 is 9.72 Å². The summed E-state index contributed by atoms with van der Waals surface area (Å²) in [4.78, 5) is 16.4. The quantitative estimate of drug-likeness (QED) is 0.539. The molecule has 3 nitrogen and oxygen atoms in total. The molecule has 0 atom stereocenters. The molecular weight excluding hydrogens is 294 g/mol. The van der Waals surface area contributed by atoms with E-state index in [0.717, 1.165) is 26.7 Å². The summed E-state index contributed by atoms with van der Waals surface area (Å²) < 4.78 is 6.15. The Hall–Kier alpha value is -2.59. The molecule has 2 aromatic heterocycles. The Labute approximate surface area is 131 Å². The third kappa shape index (κ3) is 1.84. The van der Waals surface area contributed by atoms with E-state index in [1.165, 1.54) is 11.8 Å². The average Bonchev–Trinajstić information content (AvgIpc) is 3.10. The number of benzene rings is 2. The van der Waals surface area contributed by atoms with Crippen molar-refractivity contribution in [2.45, 2.75) is 0 Å². The molecule has 0 spiro atoms. The minimum Gasteiger partial charge on any atom is -0.464 e. The SMILES string of the molecule is COC(=O)c1[nH]c2sc3ccccc3c2c1-c1ccccc1. The molecule has 0 bridgehead atoms. The van der Waals surface area contributed by atoms with E-state index in [1.807, 2.05) is 42.5 Å². The third-order valence-electron chi connectivity index (χ3n) is 3.79. The second-order valence-corrected chi connectivity index (χ2v) is 6.09. The van der Waals surface area contributed by atoms with Crippen LogP contribution in [0.1, 0.15) is 10.5 Å². The van der Waals surface area contributed by atoms with Gasteiger partial charge in [0.25, 0.3) is 0 Å². The van der Waals surface area contributed by atoms with Gasteiger partial charge in [0.05, 0.1) is 7.11 Å². The lowest BCUT2D eigenvalue weighted by atomic mass is 10.0. The molecule has 0 saturated heterocycles. The normalized spacial score (nSPS) is 11.1. The van der Waals surface area contributed by atoms with Gasteiger partial charge in [0.1, 0.15) is 10.5 Å². The number of ether oxygens (including phenoxy) is 1. The number of aromatic amines is 1. The number of methoxy groups -OCH3 is 1. The first-order valence-corrected chi connectivity index (χ1v) is 7.78. The van der Waals surface area contributed by atoms with Crippen LogP contribution in [0.3, 0.4) is 0 Å². The standard InChI is InChI=1S/C18H13NO2S/c1-21-18(20)16-14(11-7-3-2-4-8-11)15-12-9-5-6-10-13(12)22-17(15)19-16/h2-10,19H,1H3. The largest absolute Gasteiger partial charge is 0.464 e. The summed E-state index contributed by atoms with van der Waals surface area (Å²) in [6.45, 7) is 0. The number of H-pyrrole nitrogens is 1. The van der Waals surface area contributed by atoms with Gasteiger partial charge in [0.2, 0.25) is 0 Å². The fourth-order valence-electron chi connectivity index (χ4n) is 2.83. The maximum atomic E-state index is 12.2. The van der Waals surface area contributed by atoms with Gasteiger partial charge in [0, 0.05) is 21.0 Å². The van der Waals surface area contributed by atoms with Crippen LogP contribution in [0.4, 0.5) is 0 Å². The minimum atomic E-state index is -0.341. The predicted molar refractivity (Wildman–Crippen MR) is 90.5 cm³/mol. The van der Waals surface area contributed by atoms with E-state index in [0.29, 0.717) is 5.69 Å². The van der Waals surface area contributed by atoms with Gasteiger partial charge in [-0.25, -0.2) is 4.79 Å². The van der Waals surface area contributed by atoms with E-state index < -0.39 is 0 Å². The highest BCUT2D eigenvalue weighted by Crippen LogP contribution is 2.42. The molecule has 0 amide bonds. The molecule has 0 aliphatic heterocycles. The molecule has 2 aromatic carbocycles. The summed E-state index contributed by atoms with van der Waals surface area (Å²) in [5.74, 6) is -0.341. The number of thiophene rings is 1. The van der Waals surface area contributed by atoms with E-state index in [9.17, 15) is 4.79 Å². The molecule has 1 N–H and O–H groups in total. The molecule has 0 aliphatic carbocycles. The van der Waals surface area contributed by atoms with Crippen LogP contribution in [-0.4, -0.2) is 18.1 Å². The van der Waals surface area contributed by atoms with Crippen LogP contribution in [-0.2, 0) is 4.74 Å². The number of aromatic nitrogens is 1. The van der Waals surface area contributed by atoms with Crippen LogP contribution in [0.5, 0.6) is 0 Å². The first-order valence-electron chi connectivity index (χ1n) is 6.96. The average molecular weight is 307 g/mol. The highest BCUT2D eigenvalue weighted by Gasteiger charge is 2.22. The first kappa shape index (κ1) is 13.1. The summed E-state index contributed by atoms with van der Waals surface area (Å²) >= 11 is 1.66. The van der Waals surface area contributed by atoms with Crippen molar-refractivity contribution >= 4 is 37.6 Å². The lowest BCUT2D eigenvalue weighted by Gasteiger charge is -2.04. The number of nitrogens with one attached hydrogen (secondary N) is 1. The zero-order valence-corrected chi connectivity index (χ0v) is 12.7. The molecule has 0 radical (unpaired) electrons. The van der Waals surface area contributed by atoms with Crippen molar-refractivity contribution in [3.8, 4) is 11.1 Å². The van der Waals surface area contributed by atoms with Gasteiger partial charge >= 0.3 is 5.97 Å². The van der Waals surface area contributed by atoms with Gasteiger partial charge in [-0.1, -0.05) is 48.5 Å². The number of esters is 1. The Morgan fingerprint density at radius 1 is 1.05 bits per heavy atom. The second kappa shape index (κ2) is 5.00. The molecule has 4 aromatic rings. The van der Waals surface area contributed by atoms with Crippen molar-refractivity contribution in [1.29, 1.82) is 0 Å². The molecule has 108 valence electrons. The zero-order chi connectivity index (χ0) is 15.1. The van der Waals surface area contributed by atoms with Crippen LogP contribution in [0, 0.1) is 0 Å². The van der Waals surface area contributed by atoms with Crippen molar-refractivity contribution in [3.63, 3.8) is 0 Å². The Balaban J connectivity index is 2.15. The van der Waals surface area contributed by atoms with E-state index in [2.05, 4.69) is 17.1 Å². The van der Waals surface area contributed by atoms with Crippen molar-refractivity contribution in [2.75, 3.05) is 7.11 Å². The number of rotatable bonds is 2. The topological polar surface area (TPSA) is 42.1 Å². The van der Waals surface area contributed by atoms with Gasteiger partial charge in [-0.3, -0.25) is 0 Å². The predicted octanol–water partition coefficient (Wildman–Crippen LogP) is 4.84. The summed E-state index contributed by atoms with van der Waals surface area (Å²) in [5.41, 5.74) is 2.44. The maximum absolute atomic E-state index is 12.2. The van der Waals surface area contributed by atoms with Crippen molar-refractivity contribution in [3.05, 3.63) is 60.3 Å². The molecule has 22 heavy (non-hydrogen) atoms. The second-order valence-electron chi connectivity index (χ2n) is 5.03. The number of fused-ring (bicyclic) bond motifs is 3. The Morgan fingerprint density at radius 2 is 1.77 bits per heavy atom. The summed E-state index contributed by atoms with van der Waals surface area (Å²) in [5, 5.41) is 2.25. The fourth-order valence-corrected chi connectivity index (χ4v) is 3.95. The first-order chi connectivity index (χ1) is 10.8. The minimum absolute atomic E-state index is 0.341. The molecule has 2 heterocycles. The fraction of sp³-hybridized carbons (Fsp3) is 0.0556. The third-order valence-corrected chi connectivity index (χ3v) is 4.87. The van der Waals surface area contributed by atoms with Gasteiger partial charge in [-0.15, -0.1) is 11.3 Å². The van der Waals surface area contributed by atoms with Crippen LogP contribution in [0.15, 0.2) is 54.6 Å².